The average Bonchev–Trinajstić information content (AvgIpc) is 2.95. The number of carbonyl (C=O) groups is 1. The quantitative estimate of drug-likeness (QED) is 0.360. The van der Waals surface area contributed by atoms with E-state index in [0.717, 1.165) is 39.0 Å². The number of rotatable bonds is 5. The highest BCUT2D eigenvalue weighted by atomic mass is 35.5. The lowest BCUT2D eigenvalue weighted by molar-refractivity contribution is -0.111. The van der Waals surface area contributed by atoms with Crippen LogP contribution in [0.4, 0.5) is 21.6 Å². The molecular weight excluding hydrogens is 519 g/mol. The van der Waals surface area contributed by atoms with Gasteiger partial charge in [0.25, 0.3) is 0 Å². The topological polar surface area (TPSA) is 82.6 Å². The van der Waals surface area contributed by atoms with E-state index in [1.165, 1.54) is 24.5 Å². The maximum absolute atomic E-state index is 13.7. The standard InChI is InChI=1S/C29H30ClFN6O2/c1-3-27(38)35-25-18-22-26(32-19-33-28(22)34-21-4-5-24(31)23(30)17-21)16-20(25)6-7-29(8-14-39-15-9-29)37-12-10-36(2)11-13-37/h3-5,16-19H,1,8-15H2,2H3,(H,35,38)(H,32,33,34). The van der Waals surface area contributed by atoms with E-state index in [4.69, 9.17) is 16.3 Å². The molecule has 2 N–H and O–H groups in total. The van der Waals surface area contributed by atoms with Gasteiger partial charge in [-0.1, -0.05) is 30.0 Å². The predicted molar refractivity (Wildman–Crippen MR) is 152 cm³/mol. The maximum Gasteiger partial charge on any atom is 0.247 e. The summed E-state index contributed by atoms with van der Waals surface area (Å²) in [4.78, 5) is 26.0. The number of anilines is 3. The van der Waals surface area contributed by atoms with Crippen molar-refractivity contribution in [1.29, 1.82) is 0 Å². The van der Waals surface area contributed by atoms with Crippen molar-refractivity contribution in [2.45, 2.75) is 18.4 Å². The second-order valence-corrected chi connectivity index (χ2v) is 10.2. The largest absolute Gasteiger partial charge is 0.381 e. The van der Waals surface area contributed by atoms with Crippen LogP contribution in [0, 0.1) is 17.7 Å². The summed E-state index contributed by atoms with van der Waals surface area (Å²) in [7, 11) is 2.14. The zero-order valence-electron chi connectivity index (χ0n) is 21.8. The van der Waals surface area contributed by atoms with Crippen molar-refractivity contribution < 1.29 is 13.9 Å². The van der Waals surface area contributed by atoms with Crippen LogP contribution in [0.3, 0.4) is 0 Å². The van der Waals surface area contributed by atoms with E-state index in [2.05, 4.69) is 55.9 Å². The van der Waals surface area contributed by atoms with Crippen molar-refractivity contribution in [2.75, 3.05) is 57.1 Å². The number of nitrogens with one attached hydrogen (secondary N) is 2. The first-order valence-corrected chi connectivity index (χ1v) is 13.2. The second kappa shape index (κ2) is 11.7. The number of aromatic nitrogens is 2. The molecule has 1 amide bonds. The summed E-state index contributed by atoms with van der Waals surface area (Å²) in [5.74, 6) is 6.60. The molecule has 10 heteroatoms. The highest BCUT2D eigenvalue weighted by Crippen LogP contribution is 2.32. The van der Waals surface area contributed by atoms with E-state index in [-0.39, 0.29) is 16.5 Å². The van der Waals surface area contributed by atoms with Crippen molar-refractivity contribution in [3.8, 4) is 11.8 Å². The van der Waals surface area contributed by atoms with E-state index in [0.29, 0.717) is 46.9 Å². The van der Waals surface area contributed by atoms with Gasteiger partial charge in [0.1, 0.15) is 18.0 Å². The number of piperazine rings is 1. The number of nitrogens with zero attached hydrogens (tertiary/aromatic N) is 4. The van der Waals surface area contributed by atoms with Crippen LogP contribution in [0.25, 0.3) is 10.9 Å². The minimum absolute atomic E-state index is 0.00255. The molecule has 3 aromatic rings. The molecule has 2 aromatic carbocycles. The van der Waals surface area contributed by atoms with Crippen LogP contribution in [0.5, 0.6) is 0 Å². The SMILES string of the molecule is C=CC(=O)Nc1cc2c(Nc3ccc(F)c(Cl)c3)ncnc2cc1C#CC1(N2CCN(C)CC2)CCOCC1. The zero-order chi connectivity index (χ0) is 27.4. The molecule has 202 valence electrons. The smallest absolute Gasteiger partial charge is 0.247 e. The minimum Gasteiger partial charge on any atom is -0.381 e. The third-order valence-corrected chi connectivity index (χ3v) is 7.55. The number of ether oxygens (including phenoxy) is 1. The van der Waals surface area contributed by atoms with E-state index in [1.807, 2.05) is 6.07 Å². The summed E-state index contributed by atoms with van der Waals surface area (Å²) in [6, 6.07) is 7.98. The molecule has 2 aliphatic rings. The van der Waals surface area contributed by atoms with Gasteiger partial charge in [-0.2, -0.15) is 0 Å². The highest BCUT2D eigenvalue weighted by Gasteiger charge is 2.38. The molecule has 0 atom stereocenters. The molecule has 0 unspecified atom stereocenters. The van der Waals surface area contributed by atoms with Gasteiger partial charge < -0.3 is 20.3 Å². The molecule has 3 heterocycles. The Kier molecular flexibility index (Phi) is 8.10. The summed E-state index contributed by atoms with van der Waals surface area (Å²) < 4.78 is 19.3. The first-order chi connectivity index (χ1) is 18.9. The molecule has 0 bridgehead atoms. The van der Waals surface area contributed by atoms with E-state index in [1.54, 1.807) is 12.1 Å². The van der Waals surface area contributed by atoms with Crippen LogP contribution >= 0.6 is 11.6 Å². The Balaban J connectivity index is 1.55. The fraction of sp³-hybridized carbons (Fsp3) is 0.345. The normalized spacial score (nSPS) is 17.7. The van der Waals surface area contributed by atoms with Gasteiger partial charge in [0.15, 0.2) is 0 Å². The molecule has 5 rings (SSSR count). The van der Waals surface area contributed by atoms with Gasteiger partial charge in [0, 0.05) is 63.3 Å². The Hall–Kier alpha value is -3.55. The van der Waals surface area contributed by atoms with Gasteiger partial charge in [-0.3, -0.25) is 9.69 Å². The lowest BCUT2D eigenvalue weighted by Gasteiger charge is -2.46. The van der Waals surface area contributed by atoms with Crippen LogP contribution in [0.1, 0.15) is 18.4 Å². The lowest BCUT2D eigenvalue weighted by atomic mass is 9.87. The van der Waals surface area contributed by atoms with E-state index < -0.39 is 5.82 Å². The Bertz CT molecular complexity index is 1460. The molecule has 0 saturated carbocycles. The monoisotopic (exact) mass is 548 g/mol. The molecule has 39 heavy (non-hydrogen) atoms. The molecule has 1 aromatic heterocycles. The van der Waals surface area contributed by atoms with Gasteiger partial charge in [-0.05, 0) is 43.5 Å². The van der Waals surface area contributed by atoms with Gasteiger partial charge in [0.05, 0.1) is 27.3 Å². The Labute approximate surface area is 232 Å². The summed E-state index contributed by atoms with van der Waals surface area (Å²) in [5.41, 5.74) is 2.08. The molecule has 0 aliphatic carbocycles. The number of benzene rings is 2. The molecule has 8 nitrogen and oxygen atoms in total. The Morgan fingerprint density at radius 3 is 2.67 bits per heavy atom. The number of likely N-dealkylation sites (N-methyl/N-ethyl adjacent to an activating group) is 1. The van der Waals surface area contributed by atoms with Gasteiger partial charge >= 0.3 is 0 Å². The van der Waals surface area contributed by atoms with Crippen LogP contribution in [0.2, 0.25) is 5.02 Å². The molecule has 2 fully saturated rings. The van der Waals surface area contributed by atoms with Crippen LogP contribution < -0.4 is 10.6 Å². The lowest BCUT2D eigenvalue weighted by Crippen LogP contribution is -2.57. The van der Waals surface area contributed by atoms with Crippen LogP contribution in [-0.4, -0.2) is 77.7 Å². The number of fused-ring (bicyclic) bond motifs is 1. The van der Waals surface area contributed by atoms with Gasteiger partial charge in [-0.15, -0.1) is 0 Å². The van der Waals surface area contributed by atoms with Crippen molar-refractivity contribution in [3.63, 3.8) is 0 Å². The molecular formula is C29H30ClFN6O2. The fourth-order valence-corrected chi connectivity index (χ4v) is 5.13. The number of carbonyl (C=O) groups excluding carboxylic acids is 1. The minimum atomic E-state index is -0.508. The number of amides is 1. The predicted octanol–water partition coefficient (Wildman–Crippen LogP) is 4.44. The summed E-state index contributed by atoms with van der Waals surface area (Å²) in [6.07, 6.45) is 4.30. The number of halogens is 2. The molecule has 2 saturated heterocycles. The van der Waals surface area contributed by atoms with Crippen molar-refractivity contribution >= 4 is 45.6 Å². The van der Waals surface area contributed by atoms with E-state index >= 15 is 0 Å². The summed E-state index contributed by atoms with van der Waals surface area (Å²) in [6.45, 7) is 8.78. The Morgan fingerprint density at radius 2 is 1.95 bits per heavy atom. The summed E-state index contributed by atoms with van der Waals surface area (Å²) >= 11 is 5.96. The molecule has 0 radical (unpaired) electrons. The zero-order valence-corrected chi connectivity index (χ0v) is 22.5. The average molecular weight is 549 g/mol. The van der Waals surface area contributed by atoms with Crippen LogP contribution in [0.15, 0.2) is 49.3 Å². The number of hydrogen-bond donors (Lipinski definition) is 2. The molecule has 0 spiro atoms. The van der Waals surface area contributed by atoms with Gasteiger partial charge in [0.2, 0.25) is 5.91 Å². The van der Waals surface area contributed by atoms with Crippen LogP contribution in [-0.2, 0) is 9.53 Å². The third kappa shape index (κ3) is 6.05. The van der Waals surface area contributed by atoms with Gasteiger partial charge in [-0.25, -0.2) is 14.4 Å². The second-order valence-electron chi connectivity index (χ2n) is 9.77. The first kappa shape index (κ1) is 27.0. The van der Waals surface area contributed by atoms with Crippen molar-refractivity contribution in [3.05, 3.63) is 65.7 Å². The maximum atomic E-state index is 13.7. The summed E-state index contributed by atoms with van der Waals surface area (Å²) in [5, 5.41) is 6.71. The number of hydrogen-bond acceptors (Lipinski definition) is 7. The molecule has 2 aliphatic heterocycles. The van der Waals surface area contributed by atoms with E-state index in [9.17, 15) is 9.18 Å². The fourth-order valence-electron chi connectivity index (χ4n) is 4.95. The first-order valence-electron chi connectivity index (χ1n) is 12.9. The highest BCUT2D eigenvalue weighted by molar-refractivity contribution is 6.31. The Morgan fingerprint density at radius 1 is 1.18 bits per heavy atom. The van der Waals surface area contributed by atoms with Crippen molar-refractivity contribution in [2.24, 2.45) is 0 Å². The third-order valence-electron chi connectivity index (χ3n) is 7.26. The van der Waals surface area contributed by atoms with Crippen molar-refractivity contribution in [1.82, 2.24) is 19.8 Å².